The van der Waals surface area contributed by atoms with Crippen molar-refractivity contribution in [3.8, 4) is 50.6 Å². The van der Waals surface area contributed by atoms with Crippen molar-refractivity contribution in [1.29, 1.82) is 0 Å². The summed E-state index contributed by atoms with van der Waals surface area (Å²) in [5.41, 5.74) is 14.6. The molecule has 0 saturated heterocycles. The maximum absolute atomic E-state index is 8.48. The predicted octanol–water partition coefficient (Wildman–Crippen LogP) is 18.1. The number of nitrogens with zero attached hydrogens (tertiary/aromatic N) is 3. The van der Waals surface area contributed by atoms with Crippen LogP contribution in [0.5, 0.6) is 0 Å². The third kappa shape index (κ3) is 9.18. The molecule has 0 spiro atoms. The number of benzene rings is 9. The Balaban J connectivity index is 0.000000235. The number of para-hydroxylation sites is 2. The number of rotatable bonds is 8. The topological polar surface area (TPSA) is 30.7 Å². The normalized spacial score (nSPS) is 12.1. The van der Waals surface area contributed by atoms with Gasteiger partial charge < -0.3 is 4.57 Å². The number of hydrogen-bond donors (Lipinski definition) is 0. The van der Waals surface area contributed by atoms with Gasteiger partial charge in [0.2, 0.25) is 0 Å². The number of thiophene rings is 1. The first-order valence-corrected chi connectivity index (χ1v) is 32.8. The summed E-state index contributed by atoms with van der Waals surface area (Å²) in [6.07, 6.45) is 2.01. The average Bonchev–Trinajstić information content (AvgIpc) is 3.98. The Hall–Kier alpha value is -6.47. The third-order valence-corrected chi connectivity index (χ3v) is 19.3. The molecule has 3 heterocycles. The Morgan fingerprint density at radius 3 is 2.00 bits per heavy atom. The van der Waals surface area contributed by atoms with Gasteiger partial charge in [0.1, 0.15) is 0 Å². The first-order chi connectivity index (χ1) is 34.7. The van der Waals surface area contributed by atoms with Crippen molar-refractivity contribution >= 4 is 81.7 Å². The van der Waals surface area contributed by atoms with Crippen LogP contribution in [0, 0.1) is 19.1 Å². The Kier molecular flexibility index (Phi) is 13.4. The molecule has 0 fully saturated rings. The SMILES string of the molecule is CC(C)c1cc(-c2ccccc2)cc(-c2ccccc2)c1-n1c(-c2[c-]ccc3c2sc2c3ccc3c4ccccc4ccc32)nc2ccccc21.[2H]C(C)(C)c1cc(-c2[c-]cc(C)cc2)nc[c]1[Ge]([CH3])([CH3])[CH3].[Ir]. The fourth-order valence-electron chi connectivity index (χ4n) is 10.1. The molecule has 6 heteroatoms. The number of imidazole rings is 1. The van der Waals surface area contributed by atoms with E-state index in [1.807, 2.05) is 37.4 Å². The van der Waals surface area contributed by atoms with Gasteiger partial charge in [0.05, 0.1) is 16.9 Å². The fraction of sp³-hybridized carbons (Fsp3) is 0.152. The first-order valence-electron chi connectivity index (χ1n) is 25.2. The van der Waals surface area contributed by atoms with Crippen LogP contribution in [0.15, 0.2) is 188 Å². The summed E-state index contributed by atoms with van der Waals surface area (Å²) in [6.45, 7) is 10.6. The number of aryl methyl sites for hydroxylation is 1. The Labute approximate surface area is 445 Å². The van der Waals surface area contributed by atoms with E-state index < -0.39 is 19.2 Å². The van der Waals surface area contributed by atoms with E-state index in [9.17, 15) is 0 Å². The molecule has 3 aromatic heterocycles. The van der Waals surface area contributed by atoms with Gasteiger partial charge in [-0.3, -0.25) is 4.98 Å². The van der Waals surface area contributed by atoms with E-state index in [2.05, 4.69) is 236 Å². The molecule has 12 rings (SSSR count). The molecule has 0 saturated carbocycles. The summed E-state index contributed by atoms with van der Waals surface area (Å²) >= 11 is -0.175. The number of aromatic nitrogens is 3. The van der Waals surface area contributed by atoms with Gasteiger partial charge in [0.15, 0.2) is 0 Å². The van der Waals surface area contributed by atoms with Crippen LogP contribution in [0.2, 0.25) is 17.3 Å². The second-order valence-corrected chi connectivity index (χ2v) is 31.9. The van der Waals surface area contributed by atoms with Crippen molar-refractivity contribution < 1.29 is 21.5 Å². The predicted molar refractivity (Wildman–Crippen MR) is 309 cm³/mol. The van der Waals surface area contributed by atoms with E-state index in [0.29, 0.717) is 0 Å². The number of fused-ring (bicyclic) bond motifs is 8. The van der Waals surface area contributed by atoms with Gasteiger partial charge in [-0.05, 0) is 84.1 Å². The van der Waals surface area contributed by atoms with E-state index in [4.69, 9.17) is 6.35 Å². The molecule has 0 aliphatic heterocycles. The minimum atomic E-state index is -2.04. The maximum atomic E-state index is 8.48. The minimum Gasteiger partial charge on any atom is 0 e. The Bertz CT molecular complexity index is 3980. The zero-order chi connectivity index (χ0) is 49.9. The van der Waals surface area contributed by atoms with Crippen LogP contribution in [-0.4, -0.2) is 27.8 Å². The van der Waals surface area contributed by atoms with Crippen molar-refractivity contribution in [3.63, 3.8) is 0 Å². The van der Waals surface area contributed by atoms with E-state index in [-0.39, 0.29) is 26.0 Å². The van der Waals surface area contributed by atoms with E-state index in [1.165, 1.54) is 85.2 Å². The van der Waals surface area contributed by atoms with Crippen LogP contribution in [0.1, 0.15) is 57.6 Å². The summed E-state index contributed by atoms with van der Waals surface area (Å²) in [7, 11) is 0. The average molecular weight is 1190 g/mol. The van der Waals surface area contributed by atoms with Gasteiger partial charge >= 0.3 is 127 Å². The molecule has 0 bridgehead atoms. The zero-order valence-corrected chi connectivity index (χ0v) is 47.4. The molecule has 72 heavy (non-hydrogen) atoms. The molecule has 0 amide bonds. The molecular weight excluding hydrogens is 1130 g/mol. The standard InChI is InChI=1S/C48H33N2S.C18H24GeN.Ir/c1-30(2)41-28-34(31-14-5-3-6-15-31)29-42(32-16-7-4-8-17-32)45(41)50-44-23-12-11-22-43(44)49-48(50)40-21-13-20-37-39-27-26-36-35-19-10-9-18-33(35)24-25-38(36)46(39)51-47(37)40;1-13(2)16-11-18(15-9-7-14(3)8-10-15)20-12-17(16)19(4,5)6;/h3-20,22-30H,1-2H3;7-9,11-13H,1-6H3;/q2*-1;/i;13D;. The quantitative estimate of drug-likeness (QED) is 0.0862. The van der Waals surface area contributed by atoms with Gasteiger partial charge in [0, 0.05) is 36.1 Å². The van der Waals surface area contributed by atoms with E-state index in [1.54, 1.807) is 0 Å². The Morgan fingerprint density at radius 2 is 1.28 bits per heavy atom. The summed E-state index contributed by atoms with van der Waals surface area (Å²) in [6, 6.07) is 72.2. The van der Waals surface area contributed by atoms with Crippen LogP contribution < -0.4 is 4.40 Å². The second-order valence-electron chi connectivity index (χ2n) is 20.3. The van der Waals surface area contributed by atoms with Gasteiger partial charge in [-0.2, -0.15) is 11.3 Å². The van der Waals surface area contributed by atoms with Crippen molar-refractivity contribution in [2.75, 3.05) is 0 Å². The second kappa shape index (κ2) is 20.2. The minimum absolute atomic E-state index is 0. The molecule has 0 atom stereocenters. The van der Waals surface area contributed by atoms with Gasteiger partial charge in [-0.25, -0.2) is 0 Å². The monoisotopic (exact) mass is 1190 g/mol. The molecule has 1 radical (unpaired) electrons. The van der Waals surface area contributed by atoms with Gasteiger partial charge in [0.25, 0.3) is 0 Å². The van der Waals surface area contributed by atoms with E-state index >= 15 is 0 Å². The number of pyridine rings is 1. The van der Waals surface area contributed by atoms with Crippen molar-refractivity contribution in [2.24, 2.45) is 0 Å². The summed E-state index contributed by atoms with van der Waals surface area (Å²) < 4.78 is 14.7. The molecule has 0 aliphatic carbocycles. The summed E-state index contributed by atoms with van der Waals surface area (Å²) in [5, 5.41) is 7.65. The molecule has 9 aromatic carbocycles. The molecule has 357 valence electrons. The summed E-state index contributed by atoms with van der Waals surface area (Å²) in [5.74, 6) is 7.62. The van der Waals surface area contributed by atoms with Crippen LogP contribution in [0.25, 0.3) is 103 Å². The van der Waals surface area contributed by atoms with Crippen LogP contribution in [0.3, 0.4) is 0 Å². The fourth-order valence-corrected chi connectivity index (χ4v) is 14.8. The number of hydrogen-bond acceptors (Lipinski definition) is 3. The van der Waals surface area contributed by atoms with Gasteiger partial charge in [-0.15, -0.1) is 18.2 Å². The molecule has 0 unspecified atom stereocenters. The Morgan fingerprint density at radius 1 is 0.611 bits per heavy atom. The molecule has 12 aromatic rings. The van der Waals surface area contributed by atoms with Gasteiger partial charge in [-0.1, -0.05) is 146 Å². The smallest absolute Gasteiger partial charge is 0 e. The largest absolute Gasteiger partial charge is 0 e. The van der Waals surface area contributed by atoms with E-state index in [0.717, 1.165) is 39.2 Å². The van der Waals surface area contributed by atoms with Crippen molar-refractivity contribution in [1.82, 2.24) is 14.5 Å². The molecular formula is C66H57GeIrN3S-2. The van der Waals surface area contributed by atoms with Crippen LogP contribution >= 0.6 is 11.3 Å². The molecule has 0 aliphatic rings. The third-order valence-electron chi connectivity index (χ3n) is 13.8. The van der Waals surface area contributed by atoms with Crippen molar-refractivity contribution in [2.45, 2.75) is 63.7 Å². The first kappa shape index (κ1) is 47.8. The van der Waals surface area contributed by atoms with Crippen molar-refractivity contribution in [3.05, 3.63) is 217 Å². The summed E-state index contributed by atoms with van der Waals surface area (Å²) in [4.78, 5) is 10.1. The molecule has 3 nitrogen and oxygen atoms in total. The molecule has 0 N–H and O–H groups in total. The van der Waals surface area contributed by atoms with Crippen LogP contribution in [-0.2, 0) is 20.1 Å². The van der Waals surface area contributed by atoms with Crippen LogP contribution in [0.4, 0.5) is 0 Å². The maximum Gasteiger partial charge on any atom is 0 e. The zero-order valence-electron chi connectivity index (χ0n) is 43.1.